The zero-order valence-electron chi connectivity index (χ0n) is 11.6. The van der Waals surface area contributed by atoms with Crippen LogP contribution in [0, 0.1) is 20.8 Å². The minimum absolute atomic E-state index is 0.503. The molecular weight excluding hydrogens is 254 g/mol. The van der Waals surface area contributed by atoms with Crippen molar-refractivity contribution in [3.63, 3.8) is 0 Å². The minimum Gasteiger partial charge on any atom is -0.326 e. The zero-order valence-corrected chi connectivity index (χ0v) is 12.4. The van der Waals surface area contributed by atoms with Gasteiger partial charge in [0.15, 0.2) is 0 Å². The maximum absolute atomic E-state index is 5.70. The molecule has 0 bridgehead atoms. The Morgan fingerprint density at radius 1 is 1.11 bits per heavy atom. The summed E-state index contributed by atoms with van der Waals surface area (Å²) in [5, 5.41) is 0. The summed E-state index contributed by atoms with van der Waals surface area (Å²) >= 11 is 1.76. The summed E-state index contributed by atoms with van der Waals surface area (Å²) in [5.74, 6) is 1.66. The molecule has 0 unspecified atom stereocenters. The zero-order chi connectivity index (χ0) is 13.8. The third-order valence-electron chi connectivity index (χ3n) is 3.03. The molecule has 0 saturated carbocycles. The summed E-state index contributed by atoms with van der Waals surface area (Å²) in [4.78, 5) is 10.3. The third kappa shape index (κ3) is 3.55. The van der Waals surface area contributed by atoms with E-state index in [9.17, 15) is 0 Å². The standard InChI is InChI=1S/C15H19N3S/c1-10-5-4-6-13(7-10)19-9-15-17-11(2)14(8-16)12(3)18-15/h4-7H,8-9,16H2,1-3H3. The number of nitrogens with zero attached hydrogens (tertiary/aromatic N) is 2. The first-order valence-corrected chi connectivity index (χ1v) is 7.31. The van der Waals surface area contributed by atoms with Crippen molar-refractivity contribution in [2.45, 2.75) is 38.0 Å². The summed E-state index contributed by atoms with van der Waals surface area (Å²) in [6.07, 6.45) is 0. The van der Waals surface area contributed by atoms with Gasteiger partial charge in [-0.15, -0.1) is 11.8 Å². The summed E-state index contributed by atoms with van der Waals surface area (Å²) in [6, 6.07) is 8.47. The summed E-state index contributed by atoms with van der Waals surface area (Å²) < 4.78 is 0. The topological polar surface area (TPSA) is 51.8 Å². The second-order valence-electron chi connectivity index (χ2n) is 4.60. The predicted molar refractivity (Wildman–Crippen MR) is 80.1 cm³/mol. The van der Waals surface area contributed by atoms with Gasteiger partial charge in [0.2, 0.25) is 0 Å². The minimum atomic E-state index is 0.503. The Morgan fingerprint density at radius 3 is 2.37 bits per heavy atom. The van der Waals surface area contributed by atoms with E-state index in [0.29, 0.717) is 6.54 Å². The van der Waals surface area contributed by atoms with Crippen LogP contribution in [-0.2, 0) is 12.3 Å². The van der Waals surface area contributed by atoms with Gasteiger partial charge in [-0.25, -0.2) is 9.97 Å². The fourth-order valence-electron chi connectivity index (χ4n) is 2.02. The molecule has 0 fully saturated rings. The molecule has 100 valence electrons. The molecule has 0 spiro atoms. The van der Waals surface area contributed by atoms with E-state index < -0.39 is 0 Å². The number of aryl methyl sites for hydroxylation is 3. The fraction of sp³-hybridized carbons (Fsp3) is 0.333. The van der Waals surface area contributed by atoms with E-state index in [0.717, 1.165) is 28.5 Å². The van der Waals surface area contributed by atoms with Crippen molar-refractivity contribution in [1.82, 2.24) is 9.97 Å². The van der Waals surface area contributed by atoms with Crippen molar-refractivity contribution in [3.8, 4) is 0 Å². The van der Waals surface area contributed by atoms with E-state index in [4.69, 9.17) is 5.73 Å². The molecule has 19 heavy (non-hydrogen) atoms. The molecule has 2 aromatic rings. The number of hydrogen-bond donors (Lipinski definition) is 1. The summed E-state index contributed by atoms with van der Waals surface area (Å²) in [5.41, 5.74) is 10.0. The van der Waals surface area contributed by atoms with Gasteiger partial charge in [0, 0.05) is 28.4 Å². The first kappa shape index (κ1) is 14.0. The van der Waals surface area contributed by atoms with E-state index in [2.05, 4.69) is 41.2 Å². The number of thioether (sulfide) groups is 1. The van der Waals surface area contributed by atoms with Crippen LogP contribution in [-0.4, -0.2) is 9.97 Å². The van der Waals surface area contributed by atoms with Crippen LogP contribution in [0.1, 0.15) is 28.3 Å². The Balaban J connectivity index is 2.12. The summed E-state index contributed by atoms with van der Waals surface area (Å²) in [7, 11) is 0. The van der Waals surface area contributed by atoms with Crippen LogP contribution >= 0.6 is 11.8 Å². The van der Waals surface area contributed by atoms with Crippen LogP contribution in [0.25, 0.3) is 0 Å². The molecule has 0 radical (unpaired) electrons. The largest absolute Gasteiger partial charge is 0.326 e. The van der Waals surface area contributed by atoms with Crippen molar-refractivity contribution in [3.05, 3.63) is 52.6 Å². The van der Waals surface area contributed by atoms with Gasteiger partial charge >= 0.3 is 0 Å². The highest BCUT2D eigenvalue weighted by Crippen LogP contribution is 2.22. The van der Waals surface area contributed by atoms with Crippen LogP contribution in [0.2, 0.25) is 0 Å². The van der Waals surface area contributed by atoms with Gasteiger partial charge in [0.25, 0.3) is 0 Å². The van der Waals surface area contributed by atoms with Crippen molar-refractivity contribution in [2.24, 2.45) is 5.73 Å². The van der Waals surface area contributed by atoms with Crippen molar-refractivity contribution >= 4 is 11.8 Å². The Kier molecular flexibility index (Phi) is 4.56. The lowest BCUT2D eigenvalue weighted by atomic mass is 10.2. The summed E-state index contributed by atoms with van der Waals surface area (Å²) in [6.45, 7) is 6.60. The normalized spacial score (nSPS) is 10.7. The SMILES string of the molecule is Cc1cccc(SCc2nc(C)c(CN)c(C)n2)c1. The van der Waals surface area contributed by atoms with Crippen LogP contribution in [0.3, 0.4) is 0 Å². The maximum atomic E-state index is 5.70. The van der Waals surface area contributed by atoms with Crippen molar-refractivity contribution in [1.29, 1.82) is 0 Å². The molecule has 0 aliphatic rings. The number of hydrogen-bond acceptors (Lipinski definition) is 4. The van der Waals surface area contributed by atoms with Gasteiger partial charge in [0.1, 0.15) is 5.82 Å². The van der Waals surface area contributed by atoms with E-state index in [-0.39, 0.29) is 0 Å². The Labute approximate surface area is 118 Å². The van der Waals surface area contributed by atoms with Gasteiger partial charge in [0.05, 0.1) is 5.75 Å². The number of benzene rings is 1. The van der Waals surface area contributed by atoms with E-state index in [1.54, 1.807) is 11.8 Å². The van der Waals surface area contributed by atoms with Gasteiger partial charge in [-0.05, 0) is 32.9 Å². The molecular formula is C15H19N3S. The molecule has 0 amide bonds. The average Bonchev–Trinajstić information content (AvgIpc) is 2.36. The second kappa shape index (κ2) is 6.17. The van der Waals surface area contributed by atoms with Gasteiger partial charge in [-0.1, -0.05) is 17.7 Å². The second-order valence-corrected chi connectivity index (χ2v) is 5.65. The molecule has 0 atom stereocenters. The van der Waals surface area contributed by atoms with Crippen LogP contribution in [0.4, 0.5) is 0 Å². The molecule has 2 N–H and O–H groups in total. The predicted octanol–water partition coefficient (Wildman–Crippen LogP) is 3.15. The lowest BCUT2D eigenvalue weighted by Gasteiger charge is -2.09. The Hall–Kier alpha value is -1.39. The van der Waals surface area contributed by atoms with Crippen LogP contribution in [0.5, 0.6) is 0 Å². The third-order valence-corrected chi connectivity index (χ3v) is 4.02. The monoisotopic (exact) mass is 273 g/mol. The highest BCUT2D eigenvalue weighted by atomic mass is 32.2. The van der Waals surface area contributed by atoms with Crippen molar-refractivity contribution in [2.75, 3.05) is 0 Å². The first-order chi connectivity index (χ1) is 9.10. The number of nitrogens with two attached hydrogens (primary N) is 1. The maximum Gasteiger partial charge on any atom is 0.139 e. The quantitative estimate of drug-likeness (QED) is 0.869. The lowest BCUT2D eigenvalue weighted by Crippen LogP contribution is -2.08. The molecule has 4 heteroatoms. The van der Waals surface area contributed by atoms with Gasteiger partial charge < -0.3 is 5.73 Å². The molecule has 1 aromatic carbocycles. The Morgan fingerprint density at radius 2 is 1.79 bits per heavy atom. The highest BCUT2D eigenvalue weighted by molar-refractivity contribution is 7.98. The number of rotatable bonds is 4. The first-order valence-electron chi connectivity index (χ1n) is 6.32. The molecule has 1 heterocycles. The van der Waals surface area contributed by atoms with E-state index in [1.807, 2.05) is 13.8 Å². The van der Waals surface area contributed by atoms with Crippen LogP contribution < -0.4 is 5.73 Å². The van der Waals surface area contributed by atoms with Crippen LogP contribution in [0.15, 0.2) is 29.2 Å². The molecule has 0 aliphatic carbocycles. The number of aromatic nitrogens is 2. The van der Waals surface area contributed by atoms with Gasteiger partial charge in [-0.2, -0.15) is 0 Å². The molecule has 3 nitrogen and oxygen atoms in total. The molecule has 1 aromatic heterocycles. The fourth-order valence-corrected chi connectivity index (χ4v) is 2.89. The molecule has 0 aliphatic heterocycles. The lowest BCUT2D eigenvalue weighted by molar-refractivity contribution is 0.891. The van der Waals surface area contributed by atoms with E-state index >= 15 is 0 Å². The van der Waals surface area contributed by atoms with Crippen molar-refractivity contribution < 1.29 is 0 Å². The Bertz CT molecular complexity index is 558. The molecule has 2 rings (SSSR count). The van der Waals surface area contributed by atoms with E-state index in [1.165, 1.54) is 10.5 Å². The molecule has 0 saturated heterocycles. The average molecular weight is 273 g/mol. The smallest absolute Gasteiger partial charge is 0.139 e. The highest BCUT2D eigenvalue weighted by Gasteiger charge is 2.07. The van der Waals surface area contributed by atoms with Gasteiger partial charge in [-0.3, -0.25) is 0 Å².